The molecule has 1 aliphatic rings. The van der Waals surface area contributed by atoms with Gasteiger partial charge in [0.05, 0.1) is 6.10 Å². The van der Waals surface area contributed by atoms with Gasteiger partial charge in [-0.25, -0.2) is 0 Å². The number of hydrogen-bond acceptors (Lipinski definition) is 3. The highest BCUT2D eigenvalue weighted by Crippen LogP contribution is 2.33. The molecule has 1 fully saturated rings. The fraction of sp³-hybridized carbons (Fsp3) is 0.500. The quantitative estimate of drug-likeness (QED) is 0.933. The number of aromatic nitrogens is 1. The SMILES string of the molecule is CC(C)(C)[C@@H]1OCCC[C@@H]1CNC(=O)c1nccc2ccccc12. The molecule has 3 rings (SSSR count). The van der Waals surface area contributed by atoms with Crippen LogP contribution in [-0.4, -0.2) is 30.1 Å². The average molecular weight is 326 g/mol. The number of nitrogens with zero attached hydrogens (tertiary/aromatic N) is 1. The summed E-state index contributed by atoms with van der Waals surface area (Å²) < 4.78 is 6.00. The molecule has 0 aliphatic carbocycles. The molecular weight excluding hydrogens is 300 g/mol. The highest BCUT2D eigenvalue weighted by Gasteiger charge is 2.35. The molecule has 1 aliphatic heterocycles. The van der Waals surface area contributed by atoms with Gasteiger partial charge < -0.3 is 10.1 Å². The Bertz CT molecular complexity index is 716. The maximum Gasteiger partial charge on any atom is 0.270 e. The van der Waals surface area contributed by atoms with E-state index in [9.17, 15) is 4.79 Å². The van der Waals surface area contributed by atoms with Crippen LogP contribution in [0, 0.1) is 11.3 Å². The van der Waals surface area contributed by atoms with Crippen molar-refractivity contribution in [2.24, 2.45) is 11.3 Å². The summed E-state index contributed by atoms with van der Waals surface area (Å²) in [4.78, 5) is 16.9. The van der Waals surface area contributed by atoms with Gasteiger partial charge in [0.25, 0.3) is 5.91 Å². The predicted molar refractivity (Wildman–Crippen MR) is 96.0 cm³/mol. The summed E-state index contributed by atoms with van der Waals surface area (Å²) in [6, 6.07) is 9.77. The van der Waals surface area contributed by atoms with Crippen LogP contribution < -0.4 is 5.32 Å². The molecule has 1 aromatic carbocycles. The molecule has 24 heavy (non-hydrogen) atoms. The van der Waals surface area contributed by atoms with Crippen LogP contribution in [-0.2, 0) is 4.74 Å². The normalized spacial score (nSPS) is 21.6. The molecule has 0 radical (unpaired) electrons. The fourth-order valence-electron chi connectivity index (χ4n) is 3.62. The van der Waals surface area contributed by atoms with Crippen molar-refractivity contribution in [1.29, 1.82) is 0 Å². The van der Waals surface area contributed by atoms with Gasteiger partial charge in [-0.2, -0.15) is 0 Å². The van der Waals surface area contributed by atoms with E-state index in [-0.39, 0.29) is 17.4 Å². The number of hydrogen-bond donors (Lipinski definition) is 1. The van der Waals surface area contributed by atoms with E-state index in [4.69, 9.17) is 4.74 Å². The first-order valence-electron chi connectivity index (χ1n) is 8.70. The highest BCUT2D eigenvalue weighted by atomic mass is 16.5. The molecule has 2 aromatic rings. The maximum absolute atomic E-state index is 12.6. The van der Waals surface area contributed by atoms with Gasteiger partial charge in [0.15, 0.2) is 0 Å². The number of nitrogens with one attached hydrogen (secondary N) is 1. The summed E-state index contributed by atoms with van der Waals surface area (Å²) in [7, 11) is 0. The Kier molecular flexibility index (Phi) is 4.86. The van der Waals surface area contributed by atoms with Gasteiger partial charge in [-0.1, -0.05) is 45.0 Å². The third-order valence-corrected chi connectivity index (χ3v) is 4.71. The lowest BCUT2D eigenvalue weighted by molar-refractivity contribution is -0.0839. The van der Waals surface area contributed by atoms with E-state index in [1.54, 1.807) is 6.20 Å². The standard InChI is InChI=1S/C20H26N2O2/c1-20(2,3)18-15(8-6-12-24-18)13-22-19(23)17-16-9-5-4-7-14(16)10-11-21-17/h4-5,7,9-11,15,18H,6,8,12-13H2,1-3H3,(H,22,23)/t15-,18-/m1/s1. The molecule has 0 spiro atoms. The first-order valence-corrected chi connectivity index (χ1v) is 8.70. The smallest absolute Gasteiger partial charge is 0.270 e. The molecule has 0 bridgehead atoms. The van der Waals surface area contributed by atoms with E-state index in [1.165, 1.54) is 0 Å². The molecule has 0 saturated carbocycles. The monoisotopic (exact) mass is 326 g/mol. The van der Waals surface area contributed by atoms with Crippen LogP contribution in [0.5, 0.6) is 0 Å². The number of fused-ring (bicyclic) bond motifs is 1. The van der Waals surface area contributed by atoms with E-state index in [2.05, 4.69) is 31.1 Å². The maximum atomic E-state index is 12.6. The molecule has 1 aromatic heterocycles. The summed E-state index contributed by atoms with van der Waals surface area (Å²) in [5.41, 5.74) is 0.574. The van der Waals surface area contributed by atoms with Crippen LogP contribution in [0.4, 0.5) is 0 Å². The lowest BCUT2D eigenvalue weighted by Gasteiger charge is -2.40. The minimum Gasteiger partial charge on any atom is -0.377 e. The number of amides is 1. The van der Waals surface area contributed by atoms with Gasteiger partial charge >= 0.3 is 0 Å². The van der Waals surface area contributed by atoms with Crippen LogP contribution >= 0.6 is 0 Å². The molecular formula is C20H26N2O2. The van der Waals surface area contributed by atoms with Crippen molar-refractivity contribution in [2.45, 2.75) is 39.7 Å². The van der Waals surface area contributed by atoms with Crippen LogP contribution in [0.15, 0.2) is 36.5 Å². The van der Waals surface area contributed by atoms with Crippen molar-refractivity contribution < 1.29 is 9.53 Å². The van der Waals surface area contributed by atoms with E-state index in [0.29, 0.717) is 18.2 Å². The molecule has 1 N–H and O–H groups in total. The van der Waals surface area contributed by atoms with E-state index < -0.39 is 0 Å². The Morgan fingerprint density at radius 2 is 2.08 bits per heavy atom. The second-order valence-corrected chi connectivity index (χ2v) is 7.65. The van der Waals surface area contributed by atoms with Gasteiger partial charge in [-0.15, -0.1) is 0 Å². The summed E-state index contributed by atoms with van der Waals surface area (Å²) in [5, 5.41) is 5.01. The van der Waals surface area contributed by atoms with E-state index in [0.717, 1.165) is 30.2 Å². The summed E-state index contributed by atoms with van der Waals surface area (Å²) in [5.74, 6) is 0.239. The number of rotatable bonds is 3. The molecule has 4 nitrogen and oxygen atoms in total. The molecule has 4 heteroatoms. The molecule has 0 unspecified atom stereocenters. The van der Waals surface area contributed by atoms with Crippen molar-refractivity contribution in [1.82, 2.24) is 10.3 Å². The fourth-order valence-corrected chi connectivity index (χ4v) is 3.62. The van der Waals surface area contributed by atoms with E-state index in [1.807, 2.05) is 30.3 Å². The number of ether oxygens (including phenoxy) is 1. The first-order chi connectivity index (χ1) is 11.5. The molecule has 1 saturated heterocycles. The Hall–Kier alpha value is -1.94. The first kappa shape index (κ1) is 16.9. The second-order valence-electron chi connectivity index (χ2n) is 7.65. The Morgan fingerprint density at radius 3 is 2.88 bits per heavy atom. The lowest BCUT2D eigenvalue weighted by Crippen LogP contribution is -2.45. The average Bonchev–Trinajstić information content (AvgIpc) is 2.58. The van der Waals surface area contributed by atoms with Crippen LogP contribution in [0.3, 0.4) is 0 Å². The van der Waals surface area contributed by atoms with Crippen LogP contribution in [0.1, 0.15) is 44.1 Å². The lowest BCUT2D eigenvalue weighted by atomic mass is 9.78. The zero-order valence-corrected chi connectivity index (χ0v) is 14.7. The zero-order chi connectivity index (χ0) is 17.2. The van der Waals surface area contributed by atoms with Gasteiger partial charge in [-0.05, 0) is 29.7 Å². The van der Waals surface area contributed by atoms with Crippen molar-refractivity contribution in [3.63, 3.8) is 0 Å². The minimum atomic E-state index is -0.106. The summed E-state index contributed by atoms with van der Waals surface area (Å²) in [6.45, 7) is 8.04. The molecule has 128 valence electrons. The summed E-state index contributed by atoms with van der Waals surface area (Å²) in [6.07, 6.45) is 4.01. The predicted octanol–water partition coefficient (Wildman–Crippen LogP) is 3.81. The topological polar surface area (TPSA) is 51.2 Å². The Morgan fingerprint density at radius 1 is 1.29 bits per heavy atom. The van der Waals surface area contributed by atoms with Crippen molar-refractivity contribution in [3.8, 4) is 0 Å². The van der Waals surface area contributed by atoms with Gasteiger partial charge in [-0.3, -0.25) is 9.78 Å². The van der Waals surface area contributed by atoms with Crippen molar-refractivity contribution in [2.75, 3.05) is 13.2 Å². The number of pyridine rings is 1. The number of carbonyl (C=O) groups excluding carboxylic acids is 1. The van der Waals surface area contributed by atoms with Gasteiger partial charge in [0.1, 0.15) is 5.69 Å². The Labute approximate surface area is 143 Å². The number of benzene rings is 1. The largest absolute Gasteiger partial charge is 0.377 e. The zero-order valence-electron chi connectivity index (χ0n) is 14.7. The van der Waals surface area contributed by atoms with Gasteiger partial charge in [0, 0.05) is 30.7 Å². The Balaban J connectivity index is 1.72. The third-order valence-electron chi connectivity index (χ3n) is 4.71. The van der Waals surface area contributed by atoms with Gasteiger partial charge in [0.2, 0.25) is 0 Å². The van der Waals surface area contributed by atoms with Crippen molar-refractivity contribution >= 4 is 16.7 Å². The van der Waals surface area contributed by atoms with Crippen LogP contribution in [0.2, 0.25) is 0 Å². The number of carbonyl (C=O) groups is 1. The van der Waals surface area contributed by atoms with Crippen molar-refractivity contribution in [3.05, 3.63) is 42.2 Å². The highest BCUT2D eigenvalue weighted by molar-refractivity contribution is 6.05. The summed E-state index contributed by atoms with van der Waals surface area (Å²) >= 11 is 0. The van der Waals surface area contributed by atoms with E-state index >= 15 is 0 Å². The van der Waals surface area contributed by atoms with Crippen LogP contribution in [0.25, 0.3) is 10.8 Å². The molecule has 2 atom stereocenters. The second kappa shape index (κ2) is 6.89. The molecule has 1 amide bonds. The molecule has 2 heterocycles. The minimum absolute atomic E-state index is 0.0769. The third kappa shape index (κ3) is 3.59.